The van der Waals surface area contributed by atoms with Crippen molar-refractivity contribution in [2.75, 3.05) is 6.54 Å². The van der Waals surface area contributed by atoms with Gasteiger partial charge in [0.25, 0.3) is 0 Å². The maximum absolute atomic E-state index is 10.0. The number of unbranched alkanes of at least 4 members (excludes halogenated alkanes) is 2. The first-order valence-electron chi connectivity index (χ1n) is 3.92. The number of hydrogen-bond donors (Lipinski definition) is 0. The maximum atomic E-state index is 10.0. The van der Waals surface area contributed by atoms with Gasteiger partial charge in [-0.25, -0.2) is 0 Å². The lowest BCUT2D eigenvalue weighted by molar-refractivity contribution is -0.478. The number of alkyl halides is 1. The molecule has 0 aliphatic carbocycles. The van der Waals surface area contributed by atoms with Crippen LogP contribution in [0.15, 0.2) is 0 Å². The molecule has 0 aliphatic rings. The lowest BCUT2D eigenvalue weighted by Crippen LogP contribution is -2.13. The smallest absolute Gasteiger partial charge is 0.216 e. The summed E-state index contributed by atoms with van der Waals surface area (Å²) in [4.78, 5) is 9.80. The Hall–Kier alpha value is -0.120. The summed E-state index contributed by atoms with van der Waals surface area (Å²) < 4.78 is 0. The van der Waals surface area contributed by atoms with Crippen LogP contribution in [0, 0.1) is 10.1 Å². The van der Waals surface area contributed by atoms with E-state index in [1.165, 1.54) is 6.42 Å². The second-order valence-corrected chi connectivity index (χ2v) is 3.90. The van der Waals surface area contributed by atoms with Crippen LogP contribution in [0.1, 0.15) is 32.6 Å². The van der Waals surface area contributed by atoms with E-state index in [2.05, 4.69) is 22.9 Å². The Morgan fingerprint density at radius 2 is 2.18 bits per heavy atom. The molecule has 0 saturated heterocycles. The van der Waals surface area contributed by atoms with Crippen LogP contribution in [0.2, 0.25) is 0 Å². The molecule has 1 atom stereocenters. The highest BCUT2D eigenvalue weighted by molar-refractivity contribution is 9.09. The monoisotopic (exact) mass is 223 g/mol. The molecule has 0 spiro atoms. The fourth-order valence-corrected chi connectivity index (χ4v) is 1.43. The van der Waals surface area contributed by atoms with Crippen molar-refractivity contribution in [3.63, 3.8) is 0 Å². The summed E-state index contributed by atoms with van der Waals surface area (Å²) in [5.74, 6) is 0. The van der Waals surface area contributed by atoms with Crippen LogP contribution in [0.25, 0.3) is 0 Å². The molecule has 0 radical (unpaired) electrons. The van der Waals surface area contributed by atoms with Crippen LogP contribution in [-0.4, -0.2) is 16.3 Å². The topological polar surface area (TPSA) is 43.1 Å². The van der Waals surface area contributed by atoms with E-state index >= 15 is 0 Å². The van der Waals surface area contributed by atoms with Gasteiger partial charge >= 0.3 is 0 Å². The number of rotatable bonds is 6. The van der Waals surface area contributed by atoms with Gasteiger partial charge in [0, 0.05) is 4.92 Å². The zero-order chi connectivity index (χ0) is 8.69. The molecule has 0 aromatic carbocycles. The number of halogens is 1. The van der Waals surface area contributed by atoms with Gasteiger partial charge in [0.2, 0.25) is 6.54 Å². The van der Waals surface area contributed by atoms with E-state index in [9.17, 15) is 10.1 Å². The number of nitro groups is 1. The van der Waals surface area contributed by atoms with Crippen LogP contribution in [0.5, 0.6) is 0 Å². The molecule has 4 heteroatoms. The minimum Gasteiger partial charge on any atom is -0.265 e. The van der Waals surface area contributed by atoms with E-state index in [0.29, 0.717) is 0 Å². The number of hydrogen-bond acceptors (Lipinski definition) is 2. The average molecular weight is 224 g/mol. The lowest BCUT2D eigenvalue weighted by Gasteiger charge is -2.02. The molecule has 0 rings (SSSR count). The molecular weight excluding hydrogens is 210 g/mol. The van der Waals surface area contributed by atoms with Gasteiger partial charge in [0.1, 0.15) is 0 Å². The van der Waals surface area contributed by atoms with E-state index < -0.39 is 0 Å². The summed E-state index contributed by atoms with van der Waals surface area (Å²) in [5.41, 5.74) is 0. The van der Waals surface area contributed by atoms with E-state index in [1.54, 1.807) is 0 Å². The lowest BCUT2D eigenvalue weighted by atomic mass is 10.1. The summed E-state index contributed by atoms with van der Waals surface area (Å²) in [6.07, 6.45) is 4.33. The second kappa shape index (κ2) is 6.58. The Labute approximate surface area is 75.4 Å². The van der Waals surface area contributed by atoms with Gasteiger partial charge in [-0.05, 0) is 6.42 Å². The fourth-order valence-electron chi connectivity index (χ4n) is 0.869. The quantitative estimate of drug-likeness (QED) is 0.301. The second-order valence-electron chi connectivity index (χ2n) is 2.61. The summed E-state index contributed by atoms with van der Waals surface area (Å²) >= 11 is 3.27. The standard InChI is InChI=1S/C7H14BrNO2/c1-2-3-4-5-7(8)6-9(10)11/h7H,2-6H2,1H3. The molecule has 1 unspecified atom stereocenters. The Kier molecular flexibility index (Phi) is 6.51. The van der Waals surface area contributed by atoms with Crippen LogP contribution in [0.4, 0.5) is 0 Å². The minimum atomic E-state index is -0.272. The Balaban J connectivity index is 3.22. The third-order valence-electron chi connectivity index (χ3n) is 1.47. The van der Waals surface area contributed by atoms with Gasteiger partial charge in [-0.1, -0.05) is 42.1 Å². The summed E-state index contributed by atoms with van der Waals surface area (Å²) in [6, 6.07) is 0. The first-order valence-corrected chi connectivity index (χ1v) is 4.84. The van der Waals surface area contributed by atoms with Gasteiger partial charge < -0.3 is 0 Å². The Morgan fingerprint density at radius 3 is 2.64 bits per heavy atom. The van der Waals surface area contributed by atoms with Crippen LogP contribution in [-0.2, 0) is 0 Å². The summed E-state index contributed by atoms with van der Waals surface area (Å²) in [7, 11) is 0. The molecular formula is C7H14BrNO2. The van der Waals surface area contributed by atoms with Crippen molar-refractivity contribution in [1.29, 1.82) is 0 Å². The molecule has 0 aromatic rings. The molecule has 0 saturated carbocycles. The molecule has 0 bridgehead atoms. The zero-order valence-corrected chi connectivity index (χ0v) is 8.34. The van der Waals surface area contributed by atoms with E-state index in [0.717, 1.165) is 19.3 Å². The maximum Gasteiger partial charge on any atom is 0.216 e. The normalized spacial score (nSPS) is 12.9. The summed E-state index contributed by atoms with van der Waals surface area (Å²) in [5, 5.41) is 10.0. The SMILES string of the molecule is CCCCCC(Br)C[N+](=O)[O-]. The van der Waals surface area contributed by atoms with Crippen molar-refractivity contribution in [2.24, 2.45) is 0 Å². The Bertz CT molecular complexity index is 119. The average Bonchev–Trinajstić information content (AvgIpc) is 1.86. The Morgan fingerprint density at radius 1 is 1.55 bits per heavy atom. The van der Waals surface area contributed by atoms with E-state index in [4.69, 9.17) is 0 Å². The highest BCUT2D eigenvalue weighted by Gasteiger charge is 2.09. The highest BCUT2D eigenvalue weighted by Crippen LogP contribution is 2.10. The minimum absolute atomic E-state index is 0.0454. The predicted octanol–water partition coefficient (Wildman–Crippen LogP) is 2.61. The van der Waals surface area contributed by atoms with Crippen molar-refractivity contribution >= 4 is 15.9 Å². The van der Waals surface area contributed by atoms with Crippen molar-refractivity contribution in [3.8, 4) is 0 Å². The third-order valence-corrected chi connectivity index (χ3v) is 2.22. The van der Waals surface area contributed by atoms with Crippen molar-refractivity contribution in [2.45, 2.75) is 37.4 Å². The first kappa shape index (κ1) is 10.9. The molecule has 66 valence electrons. The fraction of sp³-hybridized carbons (Fsp3) is 1.00. The number of nitrogens with zero attached hydrogens (tertiary/aromatic N) is 1. The third kappa shape index (κ3) is 7.78. The molecule has 11 heavy (non-hydrogen) atoms. The predicted molar refractivity (Wildman–Crippen MR) is 48.7 cm³/mol. The van der Waals surface area contributed by atoms with Crippen molar-refractivity contribution in [1.82, 2.24) is 0 Å². The van der Waals surface area contributed by atoms with Gasteiger partial charge in [-0.3, -0.25) is 10.1 Å². The molecule has 0 aliphatic heterocycles. The zero-order valence-electron chi connectivity index (χ0n) is 6.75. The van der Waals surface area contributed by atoms with Crippen LogP contribution in [0.3, 0.4) is 0 Å². The molecule has 0 fully saturated rings. The molecule has 0 N–H and O–H groups in total. The van der Waals surface area contributed by atoms with Crippen LogP contribution < -0.4 is 0 Å². The molecule has 0 amide bonds. The van der Waals surface area contributed by atoms with Gasteiger partial charge in [0.15, 0.2) is 0 Å². The highest BCUT2D eigenvalue weighted by atomic mass is 79.9. The van der Waals surface area contributed by atoms with Crippen molar-refractivity contribution < 1.29 is 4.92 Å². The van der Waals surface area contributed by atoms with E-state index in [-0.39, 0.29) is 16.3 Å². The largest absolute Gasteiger partial charge is 0.265 e. The first-order chi connectivity index (χ1) is 5.16. The van der Waals surface area contributed by atoms with Crippen LogP contribution >= 0.6 is 15.9 Å². The van der Waals surface area contributed by atoms with Gasteiger partial charge in [0.05, 0.1) is 4.83 Å². The molecule has 3 nitrogen and oxygen atoms in total. The van der Waals surface area contributed by atoms with Gasteiger partial charge in [-0.2, -0.15) is 0 Å². The molecule has 0 aromatic heterocycles. The van der Waals surface area contributed by atoms with E-state index in [1.807, 2.05) is 0 Å². The van der Waals surface area contributed by atoms with Crippen molar-refractivity contribution in [3.05, 3.63) is 10.1 Å². The molecule has 0 heterocycles. The summed E-state index contributed by atoms with van der Waals surface area (Å²) in [6.45, 7) is 2.17. The van der Waals surface area contributed by atoms with Gasteiger partial charge in [-0.15, -0.1) is 0 Å².